The second kappa shape index (κ2) is 5.17. The SMILES string of the molecule is COc1cccc2c1C(OC)c1c(cccc1OC)C2. The van der Waals surface area contributed by atoms with Crippen molar-refractivity contribution in [2.45, 2.75) is 12.5 Å². The zero-order valence-corrected chi connectivity index (χ0v) is 12.0. The average molecular weight is 270 g/mol. The molecule has 1 aliphatic rings. The first-order valence-corrected chi connectivity index (χ1v) is 6.64. The van der Waals surface area contributed by atoms with Gasteiger partial charge >= 0.3 is 0 Å². The van der Waals surface area contributed by atoms with Gasteiger partial charge in [-0.15, -0.1) is 0 Å². The summed E-state index contributed by atoms with van der Waals surface area (Å²) in [4.78, 5) is 0. The van der Waals surface area contributed by atoms with Gasteiger partial charge in [0, 0.05) is 18.2 Å². The highest BCUT2D eigenvalue weighted by molar-refractivity contribution is 5.57. The Hall–Kier alpha value is -2.00. The lowest BCUT2D eigenvalue weighted by atomic mass is 9.83. The van der Waals surface area contributed by atoms with Gasteiger partial charge in [0.25, 0.3) is 0 Å². The zero-order valence-electron chi connectivity index (χ0n) is 12.0. The zero-order chi connectivity index (χ0) is 14.1. The molecule has 2 aromatic carbocycles. The Morgan fingerprint density at radius 1 is 0.800 bits per heavy atom. The van der Waals surface area contributed by atoms with E-state index < -0.39 is 0 Å². The maximum atomic E-state index is 5.77. The Kier molecular flexibility index (Phi) is 3.36. The molecule has 3 nitrogen and oxygen atoms in total. The first-order chi connectivity index (χ1) is 9.80. The van der Waals surface area contributed by atoms with Crippen LogP contribution in [0.5, 0.6) is 11.5 Å². The minimum absolute atomic E-state index is 0.152. The van der Waals surface area contributed by atoms with Gasteiger partial charge < -0.3 is 14.2 Å². The van der Waals surface area contributed by atoms with Gasteiger partial charge in [0.1, 0.15) is 17.6 Å². The number of ether oxygens (including phenoxy) is 3. The molecule has 0 saturated heterocycles. The summed E-state index contributed by atoms with van der Waals surface area (Å²) in [6, 6.07) is 12.3. The number of hydrogen-bond donors (Lipinski definition) is 0. The van der Waals surface area contributed by atoms with E-state index in [0.717, 1.165) is 29.0 Å². The van der Waals surface area contributed by atoms with Crippen molar-refractivity contribution < 1.29 is 14.2 Å². The largest absolute Gasteiger partial charge is 0.496 e. The van der Waals surface area contributed by atoms with Gasteiger partial charge in [-0.1, -0.05) is 24.3 Å². The highest BCUT2D eigenvalue weighted by Gasteiger charge is 2.30. The summed E-state index contributed by atoms with van der Waals surface area (Å²) in [6.45, 7) is 0. The van der Waals surface area contributed by atoms with Crippen molar-refractivity contribution in [1.82, 2.24) is 0 Å². The van der Waals surface area contributed by atoms with E-state index in [9.17, 15) is 0 Å². The van der Waals surface area contributed by atoms with E-state index in [1.165, 1.54) is 11.1 Å². The third kappa shape index (κ3) is 1.86. The summed E-state index contributed by atoms with van der Waals surface area (Å²) >= 11 is 0. The molecule has 2 aromatic rings. The summed E-state index contributed by atoms with van der Waals surface area (Å²) in [6.07, 6.45) is 0.722. The van der Waals surface area contributed by atoms with Crippen LogP contribution in [-0.2, 0) is 11.2 Å². The predicted molar refractivity (Wildman–Crippen MR) is 77.6 cm³/mol. The van der Waals surface area contributed by atoms with Gasteiger partial charge in [-0.3, -0.25) is 0 Å². The third-order valence-electron chi connectivity index (χ3n) is 3.89. The Bertz CT molecular complexity index is 581. The molecule has 0 aromatic heterocycles. The van der Waals surface area contributed by atoms with E-state index in [0.29, 0.717) is 0 Å². The van der Waals surface area contributed by atoms with E-state index in [-0.39, 0.29) is 6.10 Å². The molecule has 3 rings (SSSR count). The lowest BCUT2D eigenvalue weighted by molar-refractivity contribution is 0.127. The molecule has 0 spiro atoms. The third-order valence-corrected chi connectivity index (χ3v) is 3.89. The first kappa shape index (κ1) is 13.0. The fourth-order valence-electron chi connectivity index (χ4n) is 3.02. The lowest BCUT2D eigenvalue weighted by Gasteiger charge is -2.30. The number of hydrogen-bond acceptors (Lipinski definition) is 3. The Morgan fingerprint density at radius 3 is 1.70 bits per heavy atom. The second-order valence-electron chi connectivity index (χ2n) is 4.86. The van der Waals surface area contributed by atoms with Crippen LogP contribution in [0.25, 0.3) is 0 Å². The van der Waals surface area contributed by atoms with Crippen LogP contribution in [0, 0.1) is 0 Å². The van der Waals surface area contributed by atoms with Crippen LogP contribution < -0.4 is 9.47 Å². The van der Waals surface area contributed by atoms with Crippen LogP contribution in [0.2, 0.25) is 0 Å². The molecule has 0 unspecified atom stereocenters. The molecule has 0 atom stereocenters. The number of methoxy groups -OCH3 is 3. The monoisotopic (exact) mass is 270 g/mol. The predicted octanol–water partition coefficient (Wildman–Crippen LogP) is 3.34. The van der Waals surface area contributed by atoms with Crippen molar-refractivity contribution in [2.24, 2.45) is 0 Å². The molecular formula is C17H18O3. The van der Waals surface area contributed by atoms with Crippen LogP contribution in [0.3, 0.4) is 0 Å². The second-order valence-corrected chi connectivity index (χ2v) is 4.86. The van der Waals surface area contributed by atoms with Gasteiger partial charge in [-0.25, -0.2) is 0 Å². The topological polar surface area (TPSA) is 27.7 Å². The smallest absolute Gasteiger partial charge is 0.125 e. The molecule has 0 aliphatic heterocycles. The molecule has 0 N–H and O–H groups in total. The molecular weight excluding hydrogens is 252 g/mol. The summed E-state index contributed by atoms with van der Waals surface area (Å²) in [5.41, 5.74) is 4.71. The van der Waals surface area contributed by atoms with Gasteiger partial charge in [-0.2, -0.15) is 0 Å². The molecule has 0 bridgehead atoms. The molecule has 104 valence electrons. The van der Waals surface area contributed by atoms with Crippen LogP contribution in [0.15, 0.2) is 36.4 Å². The highest BCUT2D eigenvalue weighted by Crippen LogP contribution is 2.45. The van der Waals surface area contributed by atoms with Crippen LogP contribution in [-0.4, -0.2) is 21.3 Å². The van der Waals surface area contributed by atoms with Crippen molar-refractivity contribution in [3.05, 3.63) is 58.7 Å². The molecule has 0 fully saturated rings. The van der Waals surface area contributed by atoms with Gasteiger partial charge in [0.15, 0.2) is 0 Å². The van der Waals surface area contributed by atoms with Crippen LogP contribution >= 0.6 is 0 Å². The van der Waals surface area contributed by atoms with Crippen molar-refractivity contribution in [1.29, 1.82) is 0 Å². The van der Waals surface area contributed by atoms with Gasteiger partial charge in [0.2, 0.25) is 0 Å². The lowest BCUT2D eigenvalue weighted by Crippen LogP contribution is -2.17. The molecule has 0 heterocycles. The van der Waals surface area contributed by atoms with Gasteiger partial charge in [-0.05, 0) is 29.7 Å². The van der Waals surface area contributed by atoms with Crippen molar-refractivity contribution >= 4 is 0 Å². The summed E-state index contributed by atoms with van der Waals surface area (Å²) in [5, 5.41) is 0. The molecule has 1 aliphatic carbocycles. The number of rotatable bonds is 3. The summed E-state index contributed by atoms with van der Waals surface area (Å²) in [7, 11) is 5.11. The maximum absolute atomic E-state index is 5.77. The van der Waals surface area contributed by atoms with E-state index in [4.69, 9.17) is 14.2 Å². The van der Waals surface area contributed by atoms with Crippen molar-refractivity contribution in [3.63, 3.8) is 0 Å². The fourth-order valence-corrected chi connectivity index (χ4v) is 3.02. The fraction of sp³-hybridized carbons (Fsp3) is 0.294. The first-order valence-electron chi connectivity index (χ1n) is 6.64. The molecule has 0 radical (unpaired) electrons. The van der Waals surface area contributed by atoms with Crippen molar-refractivity contribution in [2.75, 3.05) is 21.3 Å². The Labute approximate surface area is 119 Å². The standard InChI is InChI=1S/C17H18O3/c1-18-13-8-4-6-11-10-12-7-5-9-14(19-2)16(12)17(20-3)15(11)13/h4-9,17H,10H2,1-3H3. The molecule has 20 heavy (non-hydrogen) atoms. The van der Waals surface area contributed by atoms with E-state index in [1.54, 1.807) is 21.3 Å². The normalized spacial score (nSPS) is 13.6. The quantitative estimate of drug-likeness (QED) is 0.856. The molecule has 0 saturated carbocycles. The highest BCUT2D eigenvalue weighted by atomic mass is 16.5. The van der Waals surface area contributed by atoms with E-state index in [2.05, 4.69) is 12.1 Å². The Morgan fingerprint density at radius 2 is 1.30 bits per heavy atom. The van der Waals surface area contributed by atoms with Crippen LogP contribution in [0.1, 0.15) is 28.4 Å². The van der Waals surface area contributed by atoms with Gasteiger partial charge in [0.05, 0.1) is 14.2 Å². The Balaban J connectivity index is 2.24. The summed E-state index contributed by atoms with van der Waals surface area (Å²) in [5.74, 6) is 1.73. The van der Waals surface area contributed by atoms with Crippen LogP contribution in [0.4, 0.5) is 0 Å². The molecule has 3 heteroatoms. The maximum Gasteiger partial charge on any atom is 0.125 e. The van der Waals surface area contributed by atoms with E-state index in [1.807, 2.05) is 24.3 Å². The summed E-state index contributed by atoms with van der Waals surface area (Å²) < 4.78 is 16.8. The number of fused-ring (bicyclic) bond motifs is 2. The van der Waals surface area contributed by atoms with E-state index >= 15 is 0 Å². The minimum Gasteiger partial charge on any atom is -0.496 e. The average Bonchev–Trinajstić information content (AvgIpc) is 2.51. The minimum atomic E-state index is -0.152. The number of benzene rings is 2. The molecule has 0 amide bonds. The van der Waals surface area contributed by atoms with Crippen molar-refractivity contribution in [3.8, 4) is 11.5 Å².